The van der Waals surface area contributed by atoms with Gasteiger partial charge < -0.3 is 14.2 Å². The van der Waals surface area contributed by atoms with Gasteiger partial charge in [0.1, 0.15) is 13.2 Å². The summed E-state index contributed by atoms with van der Waals surface area (Å²) in [5, 5.41) is 0. The zero-order chi connectivity index (χ0) is 52.2. The fourth-order valence-electron chi connectivity index (χ4n) is 8.57. The molecule has 0 fully saturated rings. The van der Waals surface area contributed by atoms with Crippen LogP contribution in [0.4, 0.5) is 0 Å². The van der Waals surface area contributed by atoms with Crippen LogP contribution in [0.1, 0.15) is 297 Å². The van der Waals surface area contributed by atoms with Crippen molar-refractivity contribution in [2.24, 2.45) is 0 Å². The lowest BCUT2D eigenvalue weighted by molar-refractivity contribution is -0.167. The van der Waals surface area contributed by atoms with Gasteiger partial charge in [-0.25, -0.2) is 0 Å². The molecular formula is C66H114O6. The molecule has 6 nitrogen and oxygen atoms in total. The van der Waals surface area contributed by atoms with E-state index in [9.17, 15) is 14.4 Å². The third-order valence-corrected chi connectivity index (χ3v) is 13.1. The molecule has 0 aromatic rings. The first-order valence-electron chi connectivity index (χ1n) is 30.6. The molecule has 0 heterocycles. The Kier molecular flexibility index (Phi) is 57.3. The Balaban J connectivity index is 4.26. The van der Waals surface area contributed by atoms with Crippen LogP contribution in [-0.2, 0) is 28.6 Å². The van der Waals surface area contributed by atoms with Crippen molar-refractivity contribution < 1.29 is 28.6 Å². The van der Waals surface area contributed by atoms with Crippen molar-refractivity contribution in [1.29, 1.82) is 0 Å². The van der Waals surface area contributed by atoms with Crippen LogP contribution < -0.4 is 0 Å². The summed E-state index contributed by atoms with van der Waals surface area (Å²) in [6.45, 7) is 6.47. The molecule has 0 saturated carbocycles. The standard InChI is InChI=1S/C66H114O6/c1-4-7-10-13-16-19-22-25-27-28-29-30-31-32-33-34-35-36-37-38-39-42-44-47-50-53-56-59-65(68)71-62-63(61-70-64(67)58-55-52-49-46-43-40-24-21-18-15-12-9-6-3)72-66(69)60-57-54-51-48-45-41-26-23-20-17-14-11-8-5-2/h7,10,12,15-16,19,21,24-25,27,29-30,32-33,63H,4-6,8-9,11,13-14,17-18,20,22-23,26,28,31,34-62H2,1-3H3/b10-7-,15-12-,19-16-,24-21-,27-25-,30-29-,33-32-. The third-order valence-electron chi connectivity index (χ3n) is 13.1. The van der Waals surface area contributed by atoms with Crippen LogP contribution >= 0.6 is 0 Å². The summed E-state index contributed by atoms with van der Waals surface area (Å²) in [5.41, 5.74) is 0. The normalized spacial score (nSPS) is 12.7. The summed E-state index contributed by atoms with van der Waals surface area (Å²) >= 11 is 0. The fraction of sp³-hybridized carbons (Fsp3) is 0.742. The van der Waals surface area contributed by atoms with Crippen molar-refractivity contribution in [3.63, 3.8) is 0 Å². The Labute approximate surface area is 445 Å². The highest BCUT2D eigenvalue weighted by Gasteiger charge is 2.19. The van der Waals surface area contributed by atoms with Crippen molar-refractivity contribution in [3.05, 3.63) is 85.1 Å². The number of esters is 3. The number of carbonyl (C=O) groups excluding carboxylic acids is 3. The van der Waals surface area contributed by atoms with E-state index in [4.69, 9.17) is 14.2 Å². The van der Waals surface area contributed by atoms with E-state index < -0.39 is 6.10 Å². The minimum atomic E-state index is -0.781. The number of carbonyl (C=O) groups is 3. The number of hydrogen-bond donors (Lipinski definition) is 0. The first-order chi connectivity index (χ1) is 35.5. The smallest absolute Gasteiger partial charge is 0.306 e. The van der Waals surface area contributed by atoms with E-state index in [0.29, 0.717) is 19.3 Å². The molecule has 72 heavy (non-hydrogen) atoms. The summed E-state index contributed by atoms with van der Waals surface area (Å²) in [4.78, 5) is 38.2. The highest BCUT2D eigenvalue weighted by atomic mass is 16.6. The van der Waals surface area contributed by atoms with Gasteiger partial charge >= 0.3 is 17.9 Å². The summed E-state index contributed by atoms with van der Waals surface area (Å²) < 4.78 is 16.9. The Morgan fingerprint density at radius 2 is 0.569 bits per heavy atom. The van der Waals surface area contributed by atoms with Gasteiger partial charge in [0.2, 0.25) is 0 Å². The highest BCUT2D eigenvalue weighted by Crippen LogP contribution is 2.16. The number of ether oxygens (including phenoxy) is 3. The van der Waals surface area contributed by atoms with Gasteiger partial charge in [-0.3, -0.25) is 14.4 Å². The quantitative estimate of drug-likeness (QED) is 0.0261. The summed E-state index contributed by atoms with van der Waals surface area (Å²) in [6, 6.07) is 0. The Morgan fingerprint density at radius 3 is 0.903 bits per heavy atom. The predicted octanol–water partition coefficient (Wildman–Crippen LogP) is 20.7. The molecule has 0 radical (unpaired) electrons. The summed E-state index contributed by atoms with van der Waals surface area (Å²) in [6.07, 6.45) is 78.7. The molecule has 0 spiro atoms. The molecule has 0 rings (SSSR count). The van der Waals surface area contributed by atoms with E-state index in [-0.39, 0.29) is 31.1 Å². The molecule has 0 N–H and O–H groups in total. The molecule has 1 unspecified atom stereocenters. The molecule has 0 saturated heterocycles. The van der Waals surface area contributed by atoms with Gasteiger partial charge in [0.25, 0.3) is 0 Å². The Bertz CT molecular complexity index is 1380. The Hall–Kier alpha value is -3.41. The minimum Gasteiger partial charge on any atom is -0.462 e. The van der Waals surface area contributed by atoms with E-state index >= 15 is 0 Å². The van der Waals surface area contributed by atoms with Crippen LogP contribution in [0.25, 0.3) is 0 Å². The van der Waals surface area contributed by atoms with Gasteiger partial charge in [-0.2, -0.15) is 0 Å². The van der Waals surface area contributed by atoms with Crippen LogP contribution in [0.3, 0.4) is 0 Å². The SMILES string of the molecule is CC/C=C\C/C=C\C/C=C\C/C=C\C/C=C\CCCCCCCCCCCCCC(=O)OCC(COC(=O)CCCCCCC/C=C\C/C=C\CCC)OC(=O)CCCCCCCCCCCCCCCC. The number of unbranched alkanes of at least 4 members (excludes halogenated alkanes) is 30. The maximum absolute atomic E-state index is 12.9. The predicted molar refractivity (Wildman–Crippen MR) is 311 cm³/mol. The molecule has 6 heteroatoms. The number of hydrogen-bond acceptors (Lipinski definition) is 6. The first-order valence-corrected chi connectivity index (χ1v) is 30.6. The van der Waals surface area contributed by atoms with Gasteiger partial charge in [-0.1, -0.05) is 273 Å². The van der Waals surface area contributed by atoms with Crippen molar-refractivity contribution in [2.45, 2.75) is 303 Å². The van der Waals surface area contributed by atoms with E-state index in [1.54, 1.807) is 0 Å². The zero-order valence-electron chi connectivity index (χ0n) is 47.4. The first kappa shape index (κ1) is 68.6. The summed E-state index contributed by atoms with van der Waals surface area (Å²) in [7, 11) is 0. The molecule has 0 aromatic heterocycles. The van der Waals surface area contributed by atoms with Gasteiger partial charge in [-0.05, 0) is 89.9 Å². The third kappa shape index (κ3) is 57.5. The maximum Gasteiger partial charge on any atom is 0.306 e. The molecular weight excluding hydrogens is 889 g/mol. The van der Waals surface area contributed by atoms with Crippen LogP contribution in [0.2, 0.25) is 0 Å². The number of rotatable bonds is 55. The lowest BCUT2D eigenvalue weighted by atomic mass is 10.0. The van der Waals surface area contributed by atoms with Crippen LogP contribution in [0.5, 0.6) is 0 Å². The monoisotopic (exact) mass is 1000 g/mol. The van der Waals surface area contributed by atoms with E-state index in [2.05, 4.69) is 106 Å². The van der Waals surface area contributed by atoms with Crippen LogP contribution in [-0.4, -0.2) is 37.2 Å². The van der Waals surface area contributed by atoms with Crippen molar-refractivity contribution >= 4 is 17.9 Å². The van der Waals surface area contributed by atoms with Crippen LogP contribution in [0.15, 0.2) is 85.1 Å². The van der Waals surface area contributed by atoms with Gasteiger partial charge in [0, 0.05) is 19.3 Å². The second-order valence-corrected chi connectivity index (χ2v) is 20.2. The van der Waals surface area contributed by atoms with Crippen molar-refractivity contribution in [3.8, 4) is 0 Å². The summed E-state index contributed by atoms with van der Waals surface area (Å²) in [5.74, 6) is -0.887. The lowest BCUT2D eigenvalue weighted by Gasteiger charge is -2.18. The van der Waals surface area contributed by atoms with Gasteiger partial charge in [-0.15, -0.1) is 0 Å². The van der Waals surface area contributed by atoms with Crippen LogP contribution in [0, 0.1) is 0 Å². The van der Waals surface area contributed by atoms with Gasteiger partial charge in [0.15, 0.2) is 6.10 Å². The second kappa shape index (κ2) is 60.1. The fourth-order valence-corrected chi connectivity index (χ4v) is 8.57. The number of allylic oxidation sites excluding steroid dienone is 14. The molecule has 1 atom stereocenters. The molecule has 0 aliphatic carbocycles. The van der Waals surface area contributed by atoms with Gasteiger partial charge in [0.05, 0.1) is 0 Å². The second-order valence-electron chi connectivity index (χ2n) is 20.2. The van der Waals surface area contributed by atoms with E-state index in [1.165, 1.54) is 141 Å². The average molecular weight is 1000 g/mol. The largest absolute Gasteiger partial charge is 0.462 e. The topological polar surface area (TPSA) is 78.9 Å². The molecule has 0 bridgehead atoms. The molecule has 0 aliphatic heterocycles. The minimum absolute atomic E-state index is 0.0799. The molecule has 0 aliphatic rings. The molecule has 0 aromatic carbocycles. The highest BCUT2D eigenvalue weighted by molar-refractivity contribution is 5.71. The Morgan fingerprint density at radius 1 is 0.292 bits per heavy atom. The zero-order valence-corrected chi connectivity index (χ0v) is 47.4. The van der Waals surface area contributed by atoms with E-state index in [1.807, 2.05) is 0 Å². The average Bonchev–Trinajstić information content (AvgIpc) is 3.38. The lowest BCUT2D eigenvalue weighted by Crippen LogP contribution is -2.30. The van der Waals surface area contributed by atoms with Crippen molar-refractivity contribution in [1.82, 2.24) is 0 Å². The van der Waals surface area contributed by atoms with E-state index in [0.717, 1.165) is 116 Å². The molecule has 0 amide bonds. The molecule has 414 valence electrons. The van der Waals surface area contributed by atoms with Crippen molar-refractivity contribution in [2.75, 3.05) is 13.2 Å². The maximum atomic E-state index is 12.9.